The monoisotopic (exact) mass is 442 g/mol. The van der Waals surface area contributed by atoms with Crippen molar-refractivity contribution < 1.29 is 0 Å². The predicted molar refractivity (Wildman–Crippen MR) is 144 cm³/mol. The van der Waals surface area contributed by atoms with E-state index in [4.69, 9.17) is 4.99 Å². The molecule has 1 aliphatic rings. The lowest BCUT2D eigenvalue weighted by atomic mass is 10.0. The molecule has 168 valence electrons. The van der Waals surface area contributed by atoms with Gasteiger partial charge in [-0.25, -0.2) is 0 Å². The van der Waals surface area contributed by atoms with Crippen molar-refractivity contribution in [1.82, 2.24) is 4.98 Å². The highest BCUT2D eigenvalue weighted by Gasteiger charge is 2.21. The lowest BCUT2D eigenvalue weighted by molar-refractivity contribution is 1.20. The van der Waals surface area contributed by atoms with Crippen LogP contribution in [0.4, 0.5) is 0 Å². The van der Waals surface area contributed by atoms with Gasteiger partial charge in [0.05, 0.1) is 17.0 Å². The van der Waals surface area contributed by atoms with Gasteiger partial charge >= 0.3 is 0 Å². The molecule has 0 spiro atoms. The number of hydrogen-bond acceptors (Lipinski definition) is 1. The fourth-order valence-electron chi connectivity index (χ4n) is 4.22. The number of benzene rings is 2. The molecule has 2 heterocycles. The average molecular weight is 443 g/mol. The molecular formula is C32H30N2. The zero-order chi connectivity index (χ0) is 24.4. The second-order valence-corrected chi connectivity index (χ2v) is 9.03. The first-order valence-corrected chi connectivity index (χ1v) is 11.6. The SMILES string of the molecule is CC1=N/C(=C(\C)c2[nH]c(C)c(C#Cc3ccc(C)cc3)c2C)C(C)=C1C#Cc1ccc(C)cc1. The van der Waals surface area contributed by atoms with Crippen molar-refractivity contribution in [1.29, 1.82) is 0 Å². The number of aromatic amines is 1. The summed E-state index contributed by atoms with van der Waals surface area (Å²) in [5.74, 6) is 13.3. The van der Waals surface area contributed by atoms with Gasteiger partial charge in [-0.15, -0.1) is 0 Å². The summed E-state index contributed by atoms with van der Waals surface area (Å²) < 4.78 is 0. The Kier molecular flexibility index (Phi) is 6.45. The minimum Gasteiger partial charge on any atom is -0.358 e. The largest absolute Gasteiger partial charge is 0.358 e. The van der Waals surface area contributed by atoms with E-state index in [2.05, 4.69) is 119 Å². The van der Waals surface area contributed by atoms with Gasteiger partial charge in [0.25, 0.3) is 0 Å². The molecule has 1 aromatic heterocycles. The Labute approximate surface area is 203 Å². The molecule has 0 atom stereocenters. The molecule has 1 aliphatic heterocycles. The number of H-pyrrole nitrogens is 1. The maximum Gasteiger partial charge on any atom is 0.0725 e. The number of aromatic nitrogens is 1. The molecule has 0 aliphatic carbocycles. The molecule has 0 radical (unpaired) electrons. The van der Waals surface area contributed by atoms with Crippen molar-refractivity contribution >= 4 is 11.3 Å². The summed E-state index contributed by atoms with van der Waals surface area (Å²) in [6.45, 7) is 14.7. The number of aryl methyl sites for hydroxylation is 3. The fourth-order valence-corrected chi connectivity index (χ4v) is 4.22. The predicted octanol–water partition coefficient (Wildman–Crippen LogP) is 7.22. The molecule has 2 heteroatoms. The van der Waals surface area contributed by atoms with Crippen molar-refractivity contribution in [3.05, 3.63) is 110 Å². The fraction of sp³-hybridized carbons (Fsp3) is 0.219. The second-order valence-electron chi connectivity index (χ2n) is 9.03. The summed E-state index contributed by atoms with van der Waals surface area (Å²) in [6, 6.07) is 16.6. The standard InChI is InChI=1S/C32H30N2/c1-20-8-12-27(13-9-20)16-18-29-22(3)31(33-25(29)6)24(5)32-23(4)30(26(7)34-32)19-17-28-14-10-21(2)11-15-28/h8-15,33H,1-7H3/b32-24+. The minimum atomic E-state index is 0.965. The van der Waals surface area contributed by atoms with Gasteiger partial charge in [-0.2, -0.15) is 0 Å². The number of rotatable bonds is 1. The quantitative estimate of drug-likeness (QED) is 0.385. The third-order valence-corrected chi connectivity index (χ3v) is 6.31. The summed E-state index contributed by atoms with van der Waals surface area (Å²) >= 11 is 0. The number of allylic oxidation sites excluding steroid dienone is 3. The second kappa shape index (κ2) is 9.46. The van der Waals surface area contributed by atoms with Gasteiger partial charge in [0.1, 0.15) is 0 Å². The third-order valence-electron chi connectivity index (χ3n) is 6.31. The number of nitrogens with zero attached hydrogens (tertiary/aromatic N) is 1. The molecule has 4 rings (SSSR count). The van der Waals surface area contributed by atoms with Gasteiger partial charge in [-0.05, 0) is 89.4 Å². The number of hydrogen-bond donors (Lipinski definition) is 1. The van der Waals surface area contributed by atoms with Crippen LogP contribution in [0.3, 0.4) is 0 Å². The van der Waals surface area contributed by atoms with E-state index < -0.39 is 0 Å². The van der Waals surface area contributed by atoms with Gasteiger partial charge < -0.3 is 4.98 Å². The smallest absolute Gasteiger partial charge is 0.0725 e. The Balaban J connectivity index is 1.70. The summed E-state index contributed by atoms with van der Waals surface area (Å²) in [7, 11) is 0. The Morgan fingerprint density at radius 2 is 1.24 bits per heavy atom. The number of nitrogens with one attached hydrogen (secondary N) is 1. The first kappa shape index (κ1) is 23.2. The lowest BCUT2D eigenvalue weighted by Crippen LogP contribution is -1.92. The Bertz CT molecular complexity index is 1480. The third kappa shape index (κ3) is 4.68. The van der Waals surface area contributed by atoms with Crippen molar-refractivity contribution in [2.45, 2.75) is 48.5 Å². The van der Waals surface area contributed by atoms with Crippen LogP contribution in [-0.2, 0) is 0 Å². The summed E-state index contributed by atoms with van der Waals surface area (Å²) in [5.41, 5.74) is 14.1. The van der Waals surface area contributed by atoms with Gasteiger partial charge in [0.2, 0.25) is 0 Å². The van der Waals surface area contributed by atoms with Gasteiger partial charge in [-0.1, -0.05) is 59.1 Å². The molecule has 0 amide bonds. The zero-order valence-corrected chi connectivity index (χ0v) is 21.1. The van der Waals surface area contributed by atoms with Crippen LogP contribution in [0.25, 0.3) is 5.57 Å². The van der Waals surface area contributed by atoms with Crippen LogP contribution in [0.15, 0.2) is 70.4 Å². The Hall–Kier alpha value is -4.01. The van der Waals surface area contributed by atoms with Crippen LogP contribution < -0.4 is 0 Å². The van der Waals surface area contributed by atoms with Crippen LogP contribution in [0, 0.1) is 51.4 Å². The molecule has 0 saturated carbocycles. The highest BCUT2D eigenvalue weighted by molar-refractivity contribution is 6.08. The first-order chi connectivity index (χ1) is 16.2. The summed E-state index contributed by atoms with van der Waals surface area (Å²) in [6.07, 6.45) is 0. The number of aliphatic imine (C=N–C) groups is 1. The van der Waals surface area contributed by atoms with E-state index in [0.717, 1.165) is 61.8 Å². The van der Waals surface area contributed by atoms with Crippen LogP contribution >= 0.6 is 0 Å². The lowest BCUT2D eigenvalue weighted by Gasteiger charge is -2.06. The van der Waals surface area contributed by atoms with Crippen molar-refractivity contribution in [3.8, 4) is 23.7 Å². The molecule has 34 heavy (non-hydrogen) atoms. The summed E-state index contributed by atoms with van der Waals surface area (Å²) in [4.78, 5) is 8.46. The maximum absolute atomic E-state index is 4.90. The van der Waals surface area contributed by atoms with E-state index in [0.29, 0.717) is 0 Å². The van der Waals surface area contributed by atoms with Crippen LogP contribution in [0.1, 0.15) is 65.5 Å². The van der Waals surface area contributed by atoms with E-state index in [1.165, 1.54) is 11.1 Å². The maximum atomic E-state index is 4.90. The highest BCUT2D eigenvalue weighted by Crippen LogP contribution is 2.33. The molecule has 0 saturated heterocycles. The Morgan fingerprint density at radius 1 is 0.706 bits per heavy atom. The van der Waals surface area contributed by atoms with Crippen molar-refractivity contribution in [3.63, 3.8) is 0 Å². The van der Waals surface area contributed by atoms with Crippen LogP contribution in [-0.4, -0.2) is 10.7 Å². The van der Waals surface area contributed by atoms with E-state index in [1.807, 2.05) is 6.92 Å². The highest BCUT2D eigenvalue weighted by atomic mass is 14.8. The van der Waals surface area contributed by atoms with Gasteiger partial charge in [0.15, 0.2) is 0 Å². The molecule has 0 bridgehead atoms. The Morgan fingerprint density at radius 3 is 1.79 bits per heavy atom. The van der Waals surface area contributed by atoms with E-state index in [-0.39, 0.29) is 0 Å². The molecule has 3 aromatic rings. The molecule has 2 aromatic carbocycles. The normalized spacial score (nSPS) is 14.3. The van der Waals surface area contributed by atoms with E-state index in [1.54, 1.807) is 0 Å². The van der Waals surface area contributed by atoms with E-state index in [9.17, 15) is 0 Å². The summed E-state index contributed by atoms with van der Waals surface area (Å²) in [5, 5.41) is 0. The van der Waals surface area contributed by atoms with E-state index >= 15 is 0 Å². The van der Waals surface area contributed by atoms with Gasteiger partial charge in [-0.3, -0.25) is 4.99 Å². The minimum absolute atomic E-state index is 0.965. The average Bonchev–Trinajstić information content (AvgIpc) is 3.27. The molecular weight excluding hydrogens is 412 g/mol. The zero-order valence-electron chi connectivity index (χ0n) is 21.1. The van der Waals surface area contributed by atoms with Gasteiger partial charge in [0, 0.05) is 28.1 Å². The van der Waals surface area contributed by atoms with Crippen molar-refractivity contribution in [2.24, 2.45) is 4.99 Å². The molecule has 0 fully saturated rings. The molecule has 2 nitrogen and oxygen atoms in total. The van der Waals surface area contributed by atoms with Crippen LogP contribution in [0.2, 0.25) is 0 Å². The molecule has 0 unspecified atom stereocenters. The van der Waals surface area contributed by atoms with Crippen molar-refractivity contribution in [2.75, 3.05) is 0 Å². The molecule has 1 N–H and O–H groups in total. The first-order valence-electron chi connectivity index (χ1n) is 11.6. The topological polar surface area (TPSA) is 28.1 Å². The van der Waals surface area contributed by atoms with Crippen LogP contribution in [0.5, 0.6) is 0 Å².